The molecule has 0 rings (SSSR count). The van der Waals surface area contributed by atoms with Crippen molar-refractivity contribution in [2.75, 3.05) is 26.4 Å². The van der Waals surface area contributed by atoms with E-state index in [1.807, 2.05) is 0 Å². The molecule has 0 bridgehead atoms. The molecular weight excluding hydrogens is 168 g/mol. The fourth-order valence-corrected chi connectivity index (χ4v) is 0.955. The molecule has 0 aliphatic rings. The van der Waals surface area contributed by atoms with Crippen LogP contribution in [0, 0.1) is 6.92 Å². The van der Waals surface area contributed by atoms with Crippen LogP contribution < -0.4 is 0 Å². The topological polar surface area (TPSA) is 38.7 Å². The molecule has 0 heterocycles. The third-order valence-corrected chi connectivity index (χ3v) is 1.70. The molecular formula is C10H21O3. The molecule has 0 aromatic rings. The molecule has 3 heteroatoms. The first-order valence-electron chi connectivity index (χ1n) is 4.94. The third kappa shape index (κ3) is 9.80. The molecule has 1 atom stereocenters. The summed E-state index contributed by atoms with van der Waals surface area (Å²) in [5.74, 6) is 0. The highest BCUT2D eigenvalue weighted by Gasteiger charge is 2.00. The van der Waals surface area contributed by atoms with Crippen molar-refractivity contribution in [2.45, 2.75) is 32.3 Å². The Morgan fingerprint density at radius 2 is 2.08 bits per heavy atom. The predicted molar refractivity (Wildman–Crippen MR) is 52.5 cm³/mol. The molecule has 1 N–H and O–H groups in total. The highest BCUT2D eigenvalue weighted by atomic mass is 16.5. The Morgan fingerprint density at radius 1 is 1.31 bits per heavy atom. The number of ether oxygens (including phenoxy) is 2. The summed E-state index contributed by atoms with van der Waals surface area (Å²) in [7, 11) is 0. The number of aliphatic hydroxyl groups excluding tert-OH is 1. The largest absolute Gasteiger partial charge is 0.394 e. The lowest BCUT2D eigenvalue weighted by Crippen LogP contribution is -2.14. The van der Waals surface area contributed by atoms with Gasteiger partial charge in [-0.15, -0.1) is 0 Å². The number of hydrogen-bond acceptors (Lipinski definition) is 3. The van der Waals surface area contributed by atoms with E-state index in [0.717, 1.165) is 12.8 Å². The highest BCUT2D eigenvalue weighted by molar-refractivity contribution is 4.59. The zero-order chi connectivity index (χ0) is 9.94. The molecule has 1 radical (unpaired) electrons. The maximum Gasteiger partial charge on any atom is 0.0704 e. The van der Waals surface area contributed by atoms with Crippen molar-refractivity contribution in [2.24, 2.45) is 0 Å². The standard InChI is InChI=1S/C10H21O3/c1-3-4-5-10(2)13-9-8-12-7-6-11/h10-11H,2-9H2,1H3. The van der Waals surface area contributed by atoms with Crippen LogP contribution in [0.5, 0.6) is 0 Å². The Labute approximate surface area is 81.0 Å². The summed E-state index contributed by atoms with van der Waals surface area (Å²) in [5, 5.41) is 8.41. The Balaban J connectivity index is 3.03. The molecule has 0 aromatic carbocycles. The first kappa shape index (κ1) is 12.9. The van der Waals surface area contributed by atoms with E-state index in [0.29, 0.717) is 19.8 Å². The summed E-state index contributed by atoms with van der Waals surface area (Å²) in [5.41, 5.74) is 0. The van der Waals surface area contributed by atoms with Gasteiger partial charge in [0.25, 0.3) is 0 Å². The highest BCUT2D eigenvalue weighted by Crippen LogP contribution is 2.02. The van der Waals surface area contributed by atoms with Crippen LogP contribution in [0.15, 0.2) is 0 Å². The lowest BCUT2D eigenvalue weighted by atomic mass is 10.2. The summed E-state index contributed by atoms with van der Waals surface area (Å²) in [6, 6.07) is 0. The van der Waals surface area contributed by atoms with Crippen LogP contribution in [0.3, 0.4) is 0 Å². The van der Waals surface area contributed by atoms with E-state index >= 15 is 0 Å². The van der Waals surface area contributed by atoms with Gasteiger partial charge >= 0.3 is 0 Å². The van der Waals surface area contributed by atoms with Gasteiger partial charge < -0.3 is 14.6 Å². The monoisotopic (exact) mass is 189 g/mol. The second-order valence-corrected chi connectivity index (χ2v) is 2.97. The average molecular weight is 189 g/mol. The molecule has 13 heavy (non-hydrogen) atoms. The number of aliphatic hydroxyl groups is 1. The SMILES string of the molecule is [CH2]C(CCCC)OCCOCCO. The van der Waals surface area contributed by atoms with Crippen LogP contribution in [0.2, 0.25) is 0 Å². The summed E-state index contributed by atoms with van der Waals surface area (Å²) < 4.78 is 10.4. The predicted octanol–water partition coefficient (Wildman–Crippen LogP) is 1.40. The first-order chi connectivity index (χ1) is 6.31. The minimum absolute atomic E-state index is 0.0731. The van der Waals surface area contributed by atoms with Crippen LogP contribution in [0.4, 0.5) is 0 Å². The number of hydrogen-bond donors (Lipinski definition) is 1. The second-order valence-electron chi connectivity index (χ2n) is 2.97. The Morgan fingerprint density at radius 3 is 2.69 bits per heavy atom. The van der Waals surface area contributed by atoms with E-state index in [2.05, 4.69) is 13.8 Å². The van der Waals surface area contributed by atoms with E-state index in [-0.39, 0.29) is 12.7 Å². The molecule has 79 valence electrons. The van der Waals surface area contributed by atoms with E-state index in [1.54, 1.807) is 0 Å². The summed E-state index contributed by atoms with van der Waals surface area (Å²) in [4.78, 5) is 0. The summed E-state index contributed by atoms with van der Waals surface area (Å²) in [6.07, 6.45) is 3.43. The van der Waals surface area contributed by atoms with Gasteiger partial charge in [-0.25, -0.2) is 0 Å². The van der Waals surface area contributed by atoms with Gasteiger partial charge in [0.15, 0.2) is 0 Å². The number of unbranched alkanes of at least 4 members (excludes halogenated alkanes) is 1. The van der Waals surface area contributed by atoms with Crippen molar-refractivity contribution in [1.29, 1.82) is 0 Å². The summed E-state index contributed by atoms with van der Waals surface area (Å²) in [6.45, 7) is 7.59. The van der Waals surface area contributed by atoms with Gasteiger partial charge in [-0.3, -0.25) is 0 Å². The number of rotatable bonds is 9. The molecule has 0 fully saturated rings. The van der Waals surface area contributed by atoms with Crippen molar-refractivity contribution in [3.8, 4) is 0 Å². The zero-order valence-corrected chi connectivity index (χ0v) is 8.50. The molecule has 0 saturated heterocycles. The zero-order valence-electron chi connectivity index (χ0n) is 8.50. The van der Waals surface area contributed by atoms with Gasteiger partial charge in [0.1, 0.15) is 0 Å². The summed E-state index contributed by atoms with van der Waals surface area (Å²) >= 11 is 0. The van der Waals surface area contributed by atoms with E-state index < -0.39 is 0 Å². The minimum Gasteiger partial charge on any atom is -0.394 e. The van der Waals surface area contributed by atoms with Gasteiger partial charge in [0.2, 0.25) is 0 Å². The van der Waals surface area contributed by atoms with Gasteiger partial charge in [-0.05, 0) is 13.3 Å². The maximum absolute atomic E-state index is 8.41. The molecule has 0 aliphatic heterocycles. The second kappa shape index (κ2) is 9.96. The van der Waals surface area contributed by atoms with Crippen molar-refractivity contribution < 1.29 is 14.6 Å². The van der Waals surface area contributed by atoms with Gasteiger partial charge in [-0.1, -0.05) is 19.8 Å². The van der Waals surface area contributed by atoms with Crippen LogP contribution in [-0.4, -0.2) is 37.6 Å². The molecule has 1 unspecified atom stereocenters. The Hall–Kier alpha value is -0.120. The van der Waals surface area contributed by atoms with Crippen LogP contribution in [-0.2, 0) is 9.47 Å². The van der Waals surface area contributed by atoms with Crippen LogP contribution in [0.1, 0.15) is 26.2 Å². The van der Waals surface area contributed by atoms with Crippen molar-refractivity contribution in [1.82, 2.24) is 0 Å². The Kier molecular flexibility index (Phi) is 9.87. The maximum atomic E-state index is 8.41. The lowest BCUT2D eigenvalue weighted by Gasteiger charge is -2.11. The lowest BCUT2D eigenvalue weighted by molar-refractivity contribution is 0.00964. The van der Waals surface area contributed by atoms with Gasteiger partial charge in [0, 0.05) is 0 Å². The molecule has 0 aliphatic carbocycles. The third-order valence-electron chi connectivity index (χ3n) is 1.70. The first-order valence-corrected chi connectivity index (χ1v) is 4.94. The van der Waals surface area contributed by atoms with Gasteiger partial charge in [-0.2, -0.15) is 0 Å². The van der Waals surface area contributed by atoms with Crippen molar-refractivity contribution in [3.63, 3.8) is 0 Å². The quantitative estimate of drug-likeness (QED) is 0.557. The fraction of sp³-hybridized carbons (Fsp3) is 0.900. The average Bonchev–Trinajstić information content (AvgIpc) is 2.14. The fourth-order valence-electron chi connectivity index (χ4n) is 0.955. The van der Waals surface area contributed by atoms with E-state index in [4.69, 9.17) is 14.6 Å². The van der Waals surface area contributed by atoms with Crippen molar-refractivity contribution in [3.05, 3.63) is 6.92 Å². The molecule has 0 aromatic heterocycles. The van der Waals surface area contributed by atoms with Gasteiger partial charge in [0.05, 0.1) is 32.5 Å². The molecule has 3 nitrogen and oxygen atoms in total. The smallest absolute Gasteiger partial charge is 0.0704 e. The van der Waals surface area contributed by atoms with E-state index in [9.17, 15) is 0 Å². The van der Waals surface area contributed by atoms with E-state index in [1.165, 1.54) is 6.42 Å². The van der Waals surface area contributed by atoms with Crippen molar-refractivity contribution >= 4 is 0 Å². The molecule has 0 spiro atoms. The Bertz CT molecular complexity index is 96.2. The van der Waals surface area contributed by atoms with Crippen LogP contribution in [0.25, 0.3) is 0 Å². The minimum atomic E-state index is 0.0731. The molecule has 0 amide bonds. The molecule has 0 saturated carbocycles. The normalized spacial score (nSPS) is 13.2. The van der Waals surface area contributed by atoms with Crippen LogP contribution >= 0.6 is 0 Å².